The van der Waals surface area contributed by atoms with Crippen molar-refractivity contribution in [2.75, 3.05) is 32.7 Å². The summed E-state index contributed by atoms with van der Waals surface area (Å²) in [5, 5.41) is 0. The molecule has 2 saturated heterocycles. The van der Waals surface area contributed by atoms with E-state index in [1.807, 2.05) is 11.8 Å². The zero-order valence-electron chi connectivity index (χ0n) is 11.6. The monoisotopic (exact) mass is 253 g/mol. The van der Waals surface area contributed by atoms with Gasteiger partial charge in [0.1, 0.15) is 0 Å². The molecule has 0 aliphatic carbocycles. The molecular formula is C14H27N3O. The molecule has 2 aliphatic rings. The molecule has 18 heavy (non-hydrogen) atoms. The van der Waals surface area contributed by atoms with Crippen LogP contribution in [-0.2, 0) is 4.79 Å². The maximum absolute atomic E-state index is 12.0. The van der Waals surface area contributed by atoms with Crippen molar-refractivity contribution < 1.29 is 4.79 Å². The molecule has 2 heterocycles. The van der Waals surface area contributed by atoms with Gasteiger partial charge in [-0.15, -0.1) is 0 Å². The van der Waals surface area contributed by atoms with Gasteiger partial charge in [-0.2, -0.15) is 0 Å². The molecule has 0 saturated carbocycles. The van der Waals surface area contributed by atoms with Gasteiger partial charge in [-0.3, -0.25) is 4.79 Å². The van der Waals surface area contributed by atoms with Crippen molar-refractivity contribution in [3.05, 3.63) is 0 Å². The highest BCUT2D eigenvalue weighted by atomic mass is 16.2. The summed E-state index contributed by atoms with van der Waals surface area (Å²) in [7, 11) is 0. The number of piperidine rings is 1. The third kappa shape index (κ3) is 3.45. The van der Waals surface area contributed by atoms with Crippen LogP contribution in [0.5, 0.6) is 0 Å². The van der Waals surface area contributed by atoms with Crippen molar-refractivity contribution in [3.8, 4) is 0 Å². The molecule has 104 valence electrons. The molecule has 0 spiro atoms. The Morgan fingerprint density at radius 2 is 1.83 bits per heavy atom. The predicted octanol–water partition coefficient (Wildman–Crippen LogP) is 1.06. The Labute approximate surface area is 110 Å². The number of hydrogen-bond donors (Lipinski definition) is 1. The van der Waals surface area contributed by atoms with Crippen molar-refractivity contribution in [1.29, 1.82) is 0 Å². The van der Waals surface area contributed by atoms with Crippen LogP contribution in [0.3, 0.4) is 0 Å². The second-order valence-electron chi connectivity index (χ2n) is 5.79. The fourth-order valence-corrected chi connectivity index (χ4v) is 3.08. The first-order valence-corrected chi connectivity index (χ1v) is 7.47. The molecule has 4 heteroatoms. The maximum Gasteiger partial charge on any atom is 0.239 e. The summed E-state index contributed by atoms with van der Waals surface area (Å²) in [6.07, 6.45) is 5.77. The van der Waals surface area contributed by atoms with E-state index in [9.17, 15) is 4.79 Å². The Morgan fingerprint density at radius 3 is 2.39 bits per heavy atom. The number of nitrogens with two attached hydrogens (primary N) is 1. The van der Waals surface area contributed by atoms with Crippen LogP contribution in [0.2, 0.25) is 0 Å². The average Bonchev–Trinajstić information content (AvgIpc) is 2.91. The highest BCUT2D eigenvalue weighted by Gasteiger charge is 2.26. The number of carbonyl (C=O) groups is 1. The lowest BCUT2D eigenvalue weighted by Gasteiger charge is -2.35. The van der Waals surface area contributed by atoms with Gasteiger partial charge in [0.15, 0.2) is 0 Å². The van der Waals surface area contributed by atoms with Crippen molar-refractivity contribution >= 4 is 5.91 Å². The van der Waals surface area contributed by atoms with Gasteiger partial charge in [0, 0.05) is 19.6 Å². The van der Waals surface area contributed by atoms with E-state index in [1.54, 1.807) is 0 Å². The zero-order chi connectivity index (χ0) is 13.0. The van der Waals surface area contributed by atoms with Gasteiger partial charge in [0.25, 0.3) is 0 Å². The summed E-state index contributed by atoms with van der Waals surface area (Å²) in [5.74, 6) is 0.933. The molecule has 2 rings (SSSR count). The lowest BCUT2D eigenvalue weighted by atomic mass is 9.95. The Balaban J connectivity index is 1.72. The number of carbonyl (C=O) groups excluding carboxylic acids is 1. The number of nitrogens with zero attached hydrogens (tertiary/aromatic N) is 2. The standard InChI is InChI=1S/C14H27N3O/c1-2-13(15)14(18)17-9-5-12(6-10-17)11-16-7-3-4-8-16/h12-13H,2-11,15H2,1H3/t13-/m1/s1. The molecule has 2 fully saturated rings. The molecule has 0 aromatic carbocycles. The highest BCUT2D eigenvalue weighted by molar-refractivity contribution is 5.81. The van der Waals surface area contributed by atoms with Crippen LogP contribution in [0.4, 0.5) is 0 Å². The molecule has 1 atom stereocenters. The second-order valence-corrected chi connectivity index (χ2v) is 5.79. The van der Waals surface area contributed by atoms with E-state index in [1.165, 1.54) is 32.5 Å². The van der Waals surface area contributed by atoms with Crippen LogP contribution in [0, 0.1) is 5.92 Å². The molecule has 4 nitrogen and oxygen atoms in total. The first-order valence-electron chi connectivity index (χ1n) is 7.47. The maximum atomic E-state index is 12.0. The summed E-state index contributed by atoms with van der Waals surface area (Å²) >= 11 is 0. The van der Waals surface area contributed by atoms with Gasteiger partial charge < -0.3 is 15.5 Å². The summed E-state index contributed by atoms with van der Waals surface area (Å²) in [6, 6.07) is -0.292. The van der Waals surface area contributed by atoms with Crippen LogP contribution in [0.15, 0.2) is 0 Å². The lowest BCUT2D eigenvalue weighted by molar-refractivity contribution is -0.134. The van der Waals surface area contributed by atoms with E-state index < -0.39 is 0 Å². The minimum absolute atomic E-state index is 0.150. The molecule has 2 N–H and O–H groups in total. The first-order chi connectivity index (χ1) is 8.70. The van der Waals surface area contributed by atoms with Crippen LogP contribution in [-0.4, -0.2) is 54.5 Å². The number of likely N-dealkylation sites (tertiary alicyclic amines) is 2. The topological polar surface area (TPSA) is 49.6 Å². The number of rotatable bonds is 4. The first kappa shape index (κ1) is 13.8. The van der Waals surface area contributed by atoms with Crippen molar-refractivity contribution in [1.82, 2.24) is 9.80 Å². The summed E-state index contributed by atoms with van der Waals surface area (Å²) in [4.78, 5) is 16.5. The van der Waals surface area contributed by atoms with Gasteiger partial charge in [-0.25, -0.2) is 0 Å². The van der Waals surface area contributed by atoms with E-state index in [2.05, 4.69) is 4.90 Å². The SMILES string of the molecule is CC[C@@H](N)C(=O)N1CCC(CN2CCCC2)CC1. The molecular weight excluding hydrogens is 226 g/mol. The number of hydrogen-bond acceptors (Lipinski definition) is 3. The van der Waals surface area contributed by atoms with Crippen LogP contribution >= 0.6 is 0 Å². The van der Waals surface area contributed by atoms with Crippen LogP contribution < -0.4 is 5.73 Å². The van der Waals surface area contributed by atoms with Gasteiger partial charge in [-0.05, 0) is 51.1 Å². The van der Waals surface area contributed by atoms with E-state index in [-0.39, 0.29) is 11.9 Å². The quantitative estimate of drug-likeness (QED) is 0.815. The van der Waals surface area contributed by atoms with Crippen molar-refractivity contribution in [2.45, 2.75) is 45.1 Å². The predicted molar refractivity (Wildman–Crippen MR) is 73.2 cm³/mol. The molecule has 0 unspecified atom stereocenters. The van der Waals surface area contributed by atoms with E-state index >= 15 is 0 Å². The Kier molecular flexibility index (Phi) is 5.01. The summed E-state index contributed by atoms with van der Waals surface area (Å²) in [6.45, 7) is 7.58. The fraction of sp³-hybridized carbons (Fsp3) is 0.929. The normalized spacial score (nSPS) is 24.4. The summed E-state index contributed by atoms with van der Waals surface area (Å²) in [5.41, 5.74) is 5.81. The molecule has 0 radical (unpaired) electrons. The van der Waals surface area contributed by atoms with Gasteiger partial charge >= 0.3 is 0 Å². The Morgan fingerprint density at radius 1 is 1.22 bits per heavy atom. The molecule has 1 amide bonds. The fourth-order valence-electron chi connectivity index (χ4n) is 3.08. The third-order valence-corrected chi connectivity index (χ3v) is 4.40. The second kappa shape index (κ2) is 6.53. The lowest BCUT2D eigenvalue weighted by Crippen LogP contribution is -2.47. The van der Waals surface area contributed by atoms with Gasteiger partial charge in [0.05, 0.1) is 6.04 Å². The van der Waals surface area contributed by atoms with E-state index in [4.69, 9.17) is 5.73 Å². The minimum Gasteiger partial charge on any atom is -0.341 e. The van der Waals surface area contributed by atoms with Gasteiger partial charge in [0.2, 0.25) is 5.91 Å². The Bertz CT molecular complexity index is 268. The largest absolute Gasteiger partial charge is 0.341 e. The summed E-state index contributed by atoms with van der Waals surface area (Å²) < 4.78 is 0. The number of amides is 1. The van der Waals surface area contributed by atoms with Crippen LogP contribution in [0.1, 0.15) is 39.0 Å². The van der Waals surface area contributed by atoms with Crippen molar-refractivity contribution in [2.24, 2.45) is 11.7 Å². The third-order valence-electron chi connectivity index (χ3n) is 4.40. The van der Waals surface area contributed by atoms with Gasteiger partial charge in [-0.1, -0.05) is 6.92 Å². The molecule has 2 aliphatic heterocycles. The smallest absolute Gasteiger partial charge is 0.239 e. The minimum atomic E-state index is -0.292. The zero-order valence-corrected chi connectivity index (χ0v) is 11.6. The highest BCUT2D eigenvalue weighted by Crippen LogP contribution is 2.21. The van der Waals surface area contributed by atoms with Crippen LogP contribution in [0.25, 0.3) is 0 Å². The average molecular weight is 253 g/mol. The van der Waals surface area contributed by atoms with E-state index in [0.717, 1.165) is 38.3 Å². The molecule has 0 aromatic heterocycles. The Hall–Kier alpha value is -0.610. The van der Waals surface area contributed by atoms with E-state index in [0.29, 0.717) is 0 Å². The van der Waals surface area contributed by atoms with Crippen molar-refractivity contribution in [3.63, 3.8) is 0 Å². The molecule has 0 aromatic rings. The molecule has 0 bridgehead atoms.